The third-order valence-electron chi connectivity index (χ3n) is 2.41. The summed E-state index contributed by atoms with van der Waals surface area (Å²) in [6.45, 7) is 3.69. The first kappa shape index (κ1) is 17.6. The van der Waals surface area contributed by atoms with Gasteiger partial charge in [0.2, 0.25) is 0 Å². The molecule has 5 nitrogen and oxygen atoms in total. The van der Waals surface area contributed by atoms with E-state index in [1.165, 1.54) is 0 Å². The summed E-state index contributed by atoms with van der Waals surface area (Å²) in [5.41, 5.74) is -0.328. The summed E-state index contributed by atoms with van der Waals surface area (Å²) in [4.78, 5) is 11.7. The molecule has 0 aliphatic heterocycles. The summed E-state index contributed by atoms with van der Waals surface area (Å²) in [6.07, 6.45) is 1.35. The summed E-state index contributed by atoms with van der Waals surface area (Å²) in [7, 11) is 4.00. The molecule has 101 valence electrons. The van der Waals surface area contributed by atoms with Gasteiger partial charge in [-0.1, -0.05) is 13.8 Å². The van der Waals surface area contributed by atoms with Crippen LogP contribution < -0.4 is 5.32 Å². The van der Waals surface area contributed by atoms with Crippen molar-refractivity contribution >= 4 is 5.78 Å². The lowest BCUT2D eigenvalue weighted by Gasteiger charge is -2.34. The van der Waals surface area contributed by atoms with Gasteiger partial charge in [-0.3, -0.25) is 4.79 Å². The van der Waals surface area contributed by atoms with Crippen LogP contribution >= 0.6 is 0 Å². The Bertz CT molecular complexity index is 365. The minimum absolute atomic E-state index is 0.0163. The second-order valence-corrected chi connectivity index (χ2v) is 5.14. The Morgan fingerprint density at radius 1 is 1.26 bits per heavy atom. The number of ketones is 1. The van der Waals surface area contributed by atoms with Crippen molar-refractivity contribution in [2.75, 3.05) is 14.1 Å². The number of quaternary nitrogens is 1. The molecule has 0 bridgehead atoms. The van der Waals surface area contributed by atoms with E-state index in [2.05, 4.69) is 0 Å². The molecule has 0 aromatic heterocycles. The van der Waals surface area contributed by atoms with Gasteiger partial charge >= 0.3 is 0 Å². The zero-order valence-electron chi connectivity index (χ0n) is 11.8. The van der Waals surface area contributed by atoms with E-state index in [4.69, 9.17) is 10.5 Å². The number of carbonyl (C=O) groups excluding carboxylic acids is 1. The van der Waals surface area contributed by atoms with Gasteiger partial charge in [-0.15, -0.1) is 0 Å². The Kier molecular flexibility index (Phi) is 7.29. The summed E-state index contributed by atoms with van der Waals surface area (Å²) >= 11 is 0. The molecule has 1 fully saturated rings. The fourth-order valence-electron chi connectivity index (χ4n) is 1.67. The summed E-state index contributed by atoms with van der Waals surface area (Å²) in [5, 5.41) is 30.8. The number of nitriles is 2. The number of nitrogens with zero attached hydrogens (tertiary/aromatic N) is 2. The van der Waals surface area contributed by atoms with E-state index in [0.29, 0.717) is 0 Å². The van der Waals surface area contributed by atoms with Gasteiger partial charge in [0.05, 0.1) is 32.2 Å². The van der Waals surface area contributed by atoms with Gasteiger partial charge in [-0.2, -0.15) is 10.5 Å². The highest BCUT2D eigenvalue weighted by Gasteiger charge is 2.43. The molecule has 19 heavy (non-hydrogen) atoms. The number of hydrogen-bond donors (Lipinski definition) is 1. The van der Waals surface area contributed by atoms with Crippen molar-refractivity contribution in [2.24, 2.45) is 5.41 Å². The molecule has 0 amide bonds. The Morgan fingerprint density at radius 3 is 2.11 bits per heavy atom. The number of rotatable bonds is 2. The Morgan fingerprint density at radius 2 is 1.74 bits per heavy atom. The van der Waals surface area contributed by atoms with Crippen LogP contribution in [0.25, 0.3) is 0 Å². The van der Waals surface area contributed by atoms with Crippen molar-refractivity contribution < 1.29 is 15.2 Å². The average molecular weight is 261 g/mol. The highest BCUT2D eigenvalue weighted by molar-refractivity contribution is 5.98. The van der Waals surface area contributed by atoms with Crippen LogP contribution in [0.5, 0.6) is 0 Å². The molecule has 5 radical (unpaired) electrons. The van der Waals surface area contributed by atoms with Crippen molar-refractivity contribution in [3.05, 3.63) is 24.4 Å². The molecule has 1 saturated carbocycles. The maximum Gasteiger partial charge on any atom is 0.179 e. The van der Waals surface area contributed by atoms with E-state index in [1.54, 1.807) is 12.1 Å². The minimum Gasteiger partial charge on any atom is -0.351 e. The highest BCUT2D eigenvalue weighted by atomic mass is 16.3. The molecule has 2 N–H and O–H groups in total. The number of nitrogens with two attached hydrogens (primary N) is 1. The first-order valence-electron chi connectivity index (χ1n) is 6.00. The standard InChI is InChI=1S/C12H11N2O2.C2H7N/c1-12(2)4-10(15)9(11(16)5-12)3-8(6-13)7-14;1-3-2/h3H,4-5H2,1-2H3;3H,1-2H3/p+1. The third-order valence-corrected chi connectivity index (χ3v) is 2.41. The van der Waals surface area contributed by atoms with Crippen LogP contribution in [0, 0.1) is 52.4 Å². The van der Waals surface area contributed by atoms with E-state index >= 15 is 0 Å². The number of hydrogen-bond acceptors (Lipinski definition) is 3. The van der Waals surface area contributed by atoms with Crippen molar-refractivity contribution in [3.63, 3.8) is 0 Å². The van der Waals surface area contributed by atoms with Crippen LogP contribution in [0.15, 0.2) is 0 Å². The quantitative estimate of drug-likeness (QED) is 0.785. The fourth-order valence-corrected chi connectivity index (χ4v) is 1.67. The molecule has 0 saturated heterocycles. The molecule has 0 heterocycles. The largest absolute Gasteiger partial charge is 0.351 e. The lowest BCUT2D eigenvalue weighted by Crippen LogP contribution is -2.74. The van der Waals surface area contributed by atoms with E-state index in [9.17, 15) is 9.90 Å². The van der Waals surface area contributed by atoms with Crippen LogP contribution in [0.4, 0.5) is 0 Å². The first-order valence-corrected chi connectivity index (χ1v) is 6.00. The van der Waals surface area contributed by atoms with Crippen LogP contribution in [-0.2, 0) is 9.90 Å². The number of carbonyl (C=O) groups is 1. The van der Waals surface area contributed by atoms with Crippen LogP contribution in [0.3, 0.4) is 0 Å². The summed E-state index contributed by atoms with van der Waals surface area (Å²) in [6, 6.07) is 3.27. The molecule has 0 aromatic carbocycles. The molecular formula is C14H19N3O2+. The highest BCUT2D eigenvalue weighted by Crippen LogP contribution is 2.43. The van der Waals surface area contributed by atoms with Crippen molar-refractivity contribution in [2.45, 2.75) is 26.7 Å². The Balaban J connectivity index is 0.000000982. The molecule has 5 heteroatoms. The summed E-state index contributed by atoms with van der Waals surface area (Å²) < 4.78 is 0. The van der Waals surface area contributed by atoms with Gasteiger partial charge in [0, 0.05) is 12.8 Å². The number of Topliss-reactive ketones (excluding diaryl/α,β-unsaturated/α-hetero) is 1. The normalized spacial score (nSPS) is 19.3. The lowest BCUT2D eigenvalue weighted by atomic mass is 9.69. The Hall–Kier alpha value is -1.43. The summed E-state index contributed by atoms with van der Waals surface area (Å²) in [5.74, 6) is -0.516. The van der Waals surface area contributed by atoms with Gasteiger partial charge in [-0.25, -0.2) is 5.11 Å². The molecule has 1 aliphatic rings. The second kappa shape index (κ2) is 7.89. The van der Waals surface area contributed by atoms with E-state index < -0.39 is 0 Å². The van der Waals surface area contributed by atoms with E-state index in [-0.39, 0.29) is 42.0 Å². The van der Waals surface area contributed by atoms with Gasteiger partial charge in [0.25, 0.3) is 0 Å². The topological polar surface area (TPSA) is 101 Å². The van der Waals surface area contributed by atoms with Crippen LogP contribution in [-0.4, -0.2) is 19.9 Å². The van der Waals surface area contributed by atoms with Crippen LogP contribution in [0.1, 0.15) is 26.7 Å². The molecule has 0 unspecified atom stereocenters. The predicted molar refractivity (Wildman–Crippen MR) is 67.7 cm³/mol. The van der Waals surface area contributed by atoms with Gasteiger partial charge in [0.15, 0.2) is 12.0 Å². The molecule has 1 rings (SSSR count). The smallest absolute Gasteiger partial charge is 0.179 e. The predicted octanol–water partition coefficient (Wildman–Crippen LogP) is 0.548. The maximum absolute atomic E-state index is 11.7. The Labute approximate surface area is 115 Å². The molecule has 0 atom stereocenters. The van der Waals surface area contributed by atoms with Gasteiger partial charge in [-0.05, 0) is 11.8 Å². The minimum atomic E-state index is -0.328. The fraction of sp³-hybridized carbons (Fsp3) is 0.500. The first-order chi connectivity index (χ1) is 8.81. The second-order valence-electron chi connectivity index (χ2n) is 5.14. The molecule has 0 aromatic rings. The zero-order valence-corrected chi connectivity index (χ0v) is 11.8. The van der Waals surface area contributed by atoms with Crippen molar-refractivity contribution in [3.8, 4) is 12.1 Å². The van der Waals surface area contributed by atoms with E-state index in [1.807, 2.05) is 33.3 Å². The molecule has 1 aliphatic carbocycles. The van der Waals surface area contributed by atoms with Gasteiger partial charge in [0.1, 0.15) is 5.78 Å². The monoisotopic (exact) mass is 261 g/mol. The average Bonchev–Trinajstić information content (AvgIpc) is 2.28. The van der Waals surface area contributed by atoms with Crippen molar-refractivity contribution in [1.82, 2.24) is 0 Å². The van der Waals surface area contributed by atoms with E-state index in [0.717, 1.165) is 6.42 Å². The molecular weight excluding hydrogens is 242 g/mol. The van der Waals surface area contributed by atoms with Crippen LogP contribution in [0.2, 0.25) is 0 Å². The zero-order chi connectivity index (χ0) is 15.1. The maximum atomic E-state index is 11.7. The SMILES string of the molecule is CC1(C)C[C]([O])[C]([CH][C](C#N)C#N)C(=O)C1.C[NH2+]C. The van der Waals surface area contributed by atoms with Gasteiger partial charge < -0.3 is 5.32 Å². The third kappa shape index (κ3) is 5.83. The van der Waals surface area contributed by atoms with Crippen molar-refractivity contribution in [1.29, 1.82) is 10.5 Å². The molecule has 0 spiro atoms. The lowest BCUT2D eigenvalue weighted by molar-refractivity contribution is -0.597.